The van der Waals surface area contributed by atoms with Gasteiger partial charge < -0.3 is 4.74 Å². The second kappa shape index (κ2) is 6.44. The summed E-state index contributed by atoms with van der Waals surface area (Å²) >= 11 is 0. The quantitative estimate of drug-likeness (QED) is 0.703. The van der Waals surface area contributed by atoms with Crippen LogP contribution in [0.4, 0.5) is 10.5 Å². The molecule has 0 aliphatic heterocycles. The van der Waals surface area contributed by atoms with E-state index in [0.29, 0.717) is 6.61 Å². The third-order valence-electron chi connectivity index (χ3n) is 4.61. The molecule has 3 nitrogen and oxygen atoms in total. The molecule has 4 rings (SSSR count). The average Bonchev–Trinajstić information content (AvgIpc) is 2.94. The molecule has 25 heavy (non-hydrogen) atoms. The number of nitrogens with one attached hydrogen (secondary N) is 1. The van der Waals surface area contributed by atoms with Crippen molar-refractivity contribution in [2.45, 2.75) is 12.8 Å². The van der Waals surface area contributed by atoms with E-state index in [1.165, 1.54) is 22.3 Å². The Bertz CT molecular complexity index is 887. The zero-order valence-electron chi connectivity index (χ0n) is 14.0. The highest BCUT2D eigenvalue weighted by molar-refractivity contribution is 5.85. The highest BCUT2D eigenvalue weighted by atomic mass is 16.5. The number of hydrogen-bond acceptors (Lipinski definition) is 2. The Balaban J connectivity index is 1.50. The molecule has 124 valence electrons. The first-order valence-corrected chi connectivity index (χ1v) is 8.41. The molecular formula is C22H19NO2. The number of ether oxygens (including phenoxy) is 1. The summed E-state index contributed by atoms with van der Waals surface area (Å²) in [7, 11) is 0. The number of carbonyl (C=O) groups excluding carboxylic acids is 1. The standard InChI is InChI=1S/C22H19NO2/c1-15-7-6-8-16(13-15)23-22(24)25-14-21-19-11-4-2-9-17(19)18-10-3-5-12-20(18)21/h2-13,21H,14H2,1H3,(H,23,24). The Kier molecular flexibility index (Phi) is 3.98. The van der Waals surface area contributed by atoms with Crippen LogP contribution in [0, 0.1) is 6.92 Å². The fraction of sp³-hybridized carbons (Fsp3) is 0.136. The van der Waals surface area contributed by atoms with Gasteiger partial charge in [0, 0.05) is 11.6 Å². The van der Waals surface area contributed by atoms with Crippen molar-refractivity contribution < 1.29 is 9.53 Å². The molecule has 0 heterocycles. The Morgan fingerprint density at radius 3 is 2.20 bits per heavy atom. The number of fused-ring (bicyclic) bond motifs is 3. The molecule has 0 atom stereocenters. The minimum atomic E-state index is -0.424. The maximum Gasteiger partial charge on any atom is 0.411 e. The van der Waals surface area contributed by atoms with Crippen molar-refractivity contribution in [1.29, 1.82) is 0 Å². The zero-order chi connectivity index (χ0) is 17.2. The lowest BCUT2D eigenvalue weighted by atomic mass is 9.98. The number of hydrogen-bond donors (Lipinski definition) is 1. The highest BCUT2D eigenvalue weighted by Gasteiger charge is 2.28. The smallest absolute Gasteiger partial charge is 0.411 e. The van der Waals surface area contributed by atoms with E-state index in [4.69, 9.17) is 4.74 Å². The largest absolute Gasteiger partial charge is 0.448 e. The van der Waals surface area contributed by atoms with E-state index in [9.17, 15) is 4.79 Å². The van der Waals surface area contributed by atoms with Crippen LogP contribution in [-0.4, -0.2) is 12.7 Å². The lowest BCUT2D eigenvalue weighted by Crippen LogP contribution is -2.17. The molecule has 1 aliphatic carbocycles. The van der Waals surface area contributed by atoms with Gasteiger partial charge in [0.25, 0.3) is 0 Å². The fourth-order valence-electron chi connectivity index (χ4n) is 3.48. The van der Waals surface area contributed by atoms with Crippen molar-refractivity contribution >= 4 is 11.8 Å². The van der Waals surface area contributed by atoms with Gasteiger partial charge in [0.1, 0.15) is 6.61 Å². The lowest BCUT2D eigenvalue weighted by molar-refractivity contribution is 0.158. The first-order valence-electron chi connectivity index (χ1n) is 8.41. The first kappa shape index (κ1) is 15.5. The predicted octanol–water partition coefficient (Wildman–Crippen LogP) is 5.36. The van der Waals surface area contributed by atoms with E-state index in [1.807, 2.05) is 55.5 Å². The maximum absolute atomic E-state index is 12.2. The average molecular weight is 329 g/mol. The summed E-state index contributed by atoms with van der Waals surface area (Å²) in [4.78, 5) is 12.2. The molecule has 3 heteroatoms. The molecule has 3 aromatic rings. The van der Waals surface area contributed by atoms with E-state index in [-0.39, 0.29) is 5.92 Å². The molecule has 0 unspecified atom stereocenters. The van der Waals surface area contributed by atoms with Gasteiger partial charge in [-0.3, -0.25) is 5.32 Å². The summed E-state index contributed by atoms with van der Waals surface area (Å²) in [5, 5.41) is 2.79. The van der Waals surface area contributed by atoms with Gasteiger partial charge in [-0.2, -0.15) is 0 Å². The van der Waals surface area contributed by atoms with Gasteiger partial charge in [0.05, 0.1) is 0 Å². The summed E-state index contributed by atoms with van der Waals surface area (Å²) in [6, 6.07) is 24.3. The molecule has 0 radical (unpaired) electrons. The number of rotatable bonds is 3. The van der Waals surface area contributed by atoms with Crippen LogP contribution in [0.2, 0.25) is 0 Å². The molecule has 0 fully saturated rings. The summed E-state index contributed by atoms with van der Waals surface area (Å²) in [6.07, 6.45) is -0.424. The molecule has 1 amide bonds. The first-order chi connectivity index (χ1) is 12.2. The van der Waals surface area contributed by atoms with Gasteiger partial charge in [0.15, 0.2) is 0 Å². The van der Waals surface area contributed by atoms with Gasteiger partial charge in [-0.25, -0.2) is 4.79 Å². The summed E-state index contributed by atoms with van der Waals surface area (Å²) < 4.78 is 5.53. The van der Waals surface area contributed by atoms with Crippen LogP contribution in [0.5, 0.6) is 0 Å². The second-order valence-electron chi connectivity index (χ2n) is 6.32. The van der Waals surface area contributed by atoms with Gasteiger partial charge in [0.2, 0.25) is 0 Å². The normalized spacial score (nSPS) is 12.4. The summed E-state index contributed by atoms with van der Waals surface area (Å²) in [6.45, 7) is 2.31. The topological polar surface area (TPSA) is 38.3 Å². The third kappa shape index (κ3) is 3.01. The number of anilines is 1. The predicted molar refractivity (Wildman–Crippen MR) is 99.9 cm³/mol. The van der Waals surface area contributed by atoms with Crippen LogP contribution in [-0.2, 0) is 4.74 Å². The SMILES string of the molecule is Cc1cccc(NC(=O)OCC2c3ccccc3-c3ccccc32)c1. The van der Waals surface area contributed by atoms with Gasteiger partial charge >= 0.3 is 6.09 Å². The zero-order valence-corrected chi connectivity index (χ0v) is 14.0. The molecular weight excluding hydrogens is 310 g/mol. The van der Waals surface area contributed by atoms with Crippen LogP contribution < -0.4 is 5.32 Å². The molecule has 3 aromatic carbocycles. The molecule has 0 saturated heterocycles. The minimum Gasteiger partial charge on any atom is -0.448 e. The fourth-order valence-corrected chi connectivity index (χ4v) is 3.48. The van der Waals surface area contributed by atoms with E-state index >= 15 is 0 Å². The van der Waals surface area contributed by atoms with Gasteiger partial charge in [-0.05, 0) is 46.9 Å². The molecule has 0 bridgehead atoms. The molecule has 0 saturated carbocycles. The van der Waals surface area contributed by atoms with Crippen molar-refractivity contribution in [3.05, 3.63) is 89.5 Å². The van der Waals surface area contributed by atoms with Crippen molar-refractivity contribution in [3.8, 4) is 11.1 Å². The van der Waals surface area contributed by atoms with E-state index in [0.717, 1.165) is 11.3 Å². The lowest BCUT2D eigenvalue weighted by Gasteiger charge is -2.14. The van der Waals surface area contributed by atoms with Crippen LogP contribution in [0.3, 0.4) is 0 Å². The van der Waals surface area contributed by atoms with Crippen LogP contribution in [0.15, 0.2) is 72.8 Å². The van der Waals surface area contributed by atoms with Gasteiger partial charge in [-0.1, -0.05) is 60.7 Å². The number of aryl methyl sites for hydroxylation is 1. The Morgan fingerprint density at radius 1 is 0.920 bits per heavy atom. The maximum atomic E-state index is 12.2. The monoisotopic (exact) mass is 329 g/mol. The third-order valence-corrected chi connectivity index (χ3v) is 4.61. The van der Waals surface area contributed by atoms with Crippen molar-refractivity contribution in [1.82, 2.24) is 0 Å². The summed E-state index contributed by atoms with van der Waals surface area (Å²) in [5.74, 6) is 0.0793. The van der Waals surface area contributed by atoms with Crippen LogP contribution in [0.1, 0.15) is 22.6 Å². The Labute approximate surface area is 147 Å². The van der Waals surface area contributed by atoms with Crippen molar-refractivity contribution in [3.63, 3.8) is 0 Å². The van der Waals surface area contributed by atoms with Gasteiger partial charge in [-0.15, -0.1) is 0 Å². The van der Waals surface area contributed by atoms with E-state index < -0.39 is 6.09 Å². The minimum absolute atomic E-state index is 0.0793. The number of amides is 1. The molecule has 0 spiro atoms. The second-order valence-corrected chi connectivity index (χ2v) is 6.32. The van der Waals surface area contributed by atoms with E-state index in [2.05, 4.69) is 29.6 Å². The molecule has 1 N–H and O–H groups in total. The number of benzene rings is 3. The van der Waals surface area contributed by atoms with Crippen molar-refractivity contribution in [2.75, 3.05) is 11.9 Å². The molecule has 1 aliphatic rings. The summed E-state index contributed by atoms with van der Waals surface area (Å²) in [5.41, 5.74) is 6.73. The van der Waals surface area contributed by atoms with Crippen LogP contribution >= 0.6 is 0 Å². The highest BCUT2D eigenvalue weighted by Crippen LogP contribution is 2.44. The molecule has 0 aromatic heterocycles. The van der Waals surface area contributed by atoms with Crippen molar-refractivity contribution in [2.24, 2.45) is 0 Å². The van der Waals surface area contributed by atoms with Crippen LogP contribution in [0.25, 0.3) is 11.1 Å². The van der Waals surface area contributed by atoms with E-state index in [1.54, 1.807) is 0 Å². The Hall–Kier alpha value is -3.07. The number of carbonyl (C=O) groups is 1. The Morgan fingerprint density at radius 2 is 1.56 bits per heavy atom.